The number of aryl methyl sites for hydroxylation is 1. The molecule has 134 valence electrons. The molecule has 0 radical (unpaired) electrons. The molecule has 0 saturated heterocycles. The number of hydrogen-bond acceptors (Lipinski definition) is 5. The molecule has 0 spiro atoms. The molecule has 1 heterocycles. The summed E-state index contributed by atoms with van der Waals surface area (Å²) in [5.41, 5.74) is 0.451. The number of halogens is 1. The van der Waals surface area contributed by atoms with Crippen LogP contribution in [0.2, 0.25) is 5.02 Å². The van der Waals surface area contributed by atoms with Crippen molar-refractivity contribution in [2.75, 3.05) is 6.54 Å². The summed E-state index contributed by atoms with van der Waals surface area (Å²) < 4.78 is 5.14. The summed E-state index contributed by atoms with van der Waals surface area (Å²) in [6, 6.07) is 7.06. The standard InChI is InChI=1S/C17H21ClN4O3/c1-17(2,3)21-14(24)10-19-13(23)8-9-15-20-16(22-25-15)11-4-6-12(18)7-5-11/h4-7H,8-10H2,1-3H3,(H,19,23)(H,21,24). The van der Waals surface area contributed by atoms with Gasteiger partial charge in [0.2, 0.25) is 23.5 Å². The Bertz CT molecular complexity index is 735. The van der Waals surface area contributed by atoms with E-state index in [-0.39, 0.29) is 30.3 Å². The van der Waals surface area contributed by atoms with Gasteiger partial charge in [-0.25, -0.2) is 0 Å². The van der Waals surface area contributed by atoms with Gasteiger partial charge in [-0.3, -0.25) is 9.59 Å². The average Bonchev–Trinajstić information content (AvgIpc) is 2.99. The molecule has 1 aromatic carbocycles. The molecule has 2 aromatic rings. The van der Waals surface area contributed by atoms with Gasteiger partial charge in [0, 0.05) is 29.0 Å². The minimum Gasteiger partial charge on any atom is -0.350 e. The Kier molecular flexibility index (Phi) is 6.14. The maximum absolute atomic E-state index is 11.8. The fourth-order valence-corrected chi connectivity index (χ4v) is 2.15. The lowest BCUT2D eigenvalue weighted by Crippen LogP contribution is -2.45. The zero-order chi connectivity index (χ0) is 18.4. The number of amides is 2. The van der Waals surface area contributed by atoms with E-state index < -0.39 is 0 Å². The average molecular weight is 365 g/mol. The fourth-order valence-electron chi connectivity index (χ4n) is 2.02. The van der Waals surface area contributed by atoms with Crippen molar-refractivity contribution < 1.29 is 14.1 Å². The Morgan fingerprint density at radius 1 is 1.16 bits per heavy atom. The second-order valence-electron chi connectivity index (χ2n) is 6.59. The molecule has 1 aromatic heterocycles. The van der Waals surface area contributed by atoms with Gasteiger partial charge in [0.05, 0.1) is 6.54 Å². The molecular formula is C17H21ClN4O3. The number of nitrogens with zero attached hydrogens (tertiary/aromatic N) is 2. The summed E-state index contributed by atoms with van der Waals surface area (Å²) in [5.74, 6) is 0.315. The molecule has 0 bridgehead atoms. The van der Waals surface area contributed by atoms with Crippen LogP contribution in [-0.4, -0.2) is 34.0 Å². The number of aromatic nitrogens is 2. The molecule has 0 aliphatic carbocycles. The van der Waals surface area contributed by atoms with Crippen molar-refractivity contribution in [3.8, 4) is 11.4 Å². The molecule has 0 saturated carbocycles. The first-order valence-corrected chi connectivity index (χ1v) is 8.27. The van der Waals surface area contributed by atoms with Crippen LogP contribution in [0.5, 0.6) is 0 Å². The van der Waals surface area contributed by atoms with E-state index in [4.69, 9.17) is 16.1 Å². The van der Waals surface area contributed by atoms with Gasteiger partial charge in [-0.15, -0.1) is 0 Å². The highest BCUT2D eigenvalue weighted by Crippen LogP contribution is 2.18. The van der Waals surface area contributed by atoms with Crippen LogP contribution in [0.25, 0.3) is 11.4 Å². The summed E-state index contributed by atoms with van der Waals surface area (Å²) in [7, 11) is 0. The van der Waals surface area contributed by atoms with Gasteiger partial charge < -0.3 is 15.2 Å². The number of benzene rings is 1. The summed E-state index contributed by atoms with van der Waals surface area (Å²) in [4.78, 5) is 27.7. The zero-order valence-electron chi connectivity index (χ0n) is 14.4. The van der Waals surface area contributed by atoms with Gasteiger partial charge in [0.1, 0.15) is 0 Å². The Hall–Kier alpha value is -2.41. The van der Waals surface area contributed by atoms with Crippen molar-refractivity contribution >= 4 is 23.4 Å². The molecule has 0 atom stereocenters. The molecule has 8 heteroatoms. The highest BCUT2D eigenvalue weighted by Gasteiger charge is 2.15. The largest absolute Gasteiger partial charge is 0.350 e. The third-order valence-corrected chi connectivity index (χ3v) is 3.35. The first-order valence-electron chi connectivity index (χ1n) is 7.89. The van der Waals surface area contributed by atoms with Crippen LogP contribution in [0.3, 0.4) is 0 Å². The number of hydrogen-bond donors (Lipinski definition) is 2. The Balaban J connectivity index is 1.79. The molecule has 2 amide bonds. The predicted molar refractivity (Wildman–Crippen MR) is 94.0 cm³/mol. The maximum Gasteiger partial charge on any atom is 0.239 e. The highest BCUT2D eigenvalue weighted by molar-refractivity contribution is 6.30. The minimum absolute atomic E-state index is 0.0596. The highest BCUT2D eigenvalue weighted by atomic mass is 35.5. The van der Waals surface area contributed by atoms with Gasteiger partial charge >= 0.3 is 0 Å². The summed E-state index contributed by atoms with van der Waals surface area (Å²) in [5, 5.41) is 9.84. The van der Waals surface area contributed by atoms with E-state index in [0.29, 0.717) is 23.2 Å². The zero-order valence-corrected chi connectivity index (χ0v) is 15.2. The van der Waals surface area contributed by atoms with E-state index in [1.807, 2.05) is 20.8 Å². The Labute approximate surface area is 151 Å². The smallest absolute Gasteiger partial charge is 0.239 e. The number of carbonyl (C=O) groups is 2. The lowest BCUT2D eigenvalue weighted by atomic mass is 10.1. The van der Waals surface area contributed by atoms with Crippen LogP contribution < -0.4 is 10.6 Å². The number of nitrogens with one attached hydrogen (secondary N) is 2. The topological polar surface area (TPSA) is 97.1 Å². The Morgan fingerprint density at radius 2 is 1.84 bits per heavy atom. The van der Waals surface area contributed by atoms with Crippen LogP contribution in [0, 0.1) is 0 Å². The van der Waals surface area contributed by atoms with E-state index in [1.165, 1.54) is 0 Å². The van der Waals surface area contributed by atoms with E-state index in [0.717, 1.165) is 5.56 Å². The third-order valence-electron chi connectivity index (χ3n) is 3.10. The monoisotopic (exact) mass is 364 g/mol. The lowest BCUT2D eigenvalue weighted by molar-refractivity contribution is -0.126. The van der Waals surface area contributed by atoms with Gasteiger partial charge in [0.15, 0.2) is 0 Å². The van der Waals surface area contributed by atoms with Crippen molar-refractivity contribution in [2.24, 2.45) is 0 Å². The summed E-state index contributed by atoms with van der Waals surface area (Å²) in [6.45, 7) is 5.57. The van der Waals surface area contributed by atoms with Gasteiger partial charge in [0.25, 0.3) is 0 Å². The van der Waals surface area contributed by atoms with Crippen molar-refractivity contribution in [3.63, 3.8) is 0 Å². The number of rotatable bonds is 6. The van der Waals surface area contributed by atoms with E-state index in [2.05, 4.69) is 20.8 Å². The molecule has 2 N–H and O–H groups in total. The molecule has 0 aliphatic heterocycles. The van der Waals surface area contributed by atoms with Crippen LogP contribution in [0.15, 0.2) is 28.8 Å². The second kappa shape index (κ2) is 8.11. The summed E-state index contributed by atoms with van der Waals surface area (Å²) in [6.07, 6.45) is 0.457. The normalized spacial score (nSPS) is 11.2. The predicted octanol–water partition coefficient (Wildman–Crippen LogP) is 2.35. The van der Waals surface area contributed by atoms with Crippen molar-refractivity contribution in [1.82, 2.24) is 20.8 Å². The molecule has 2 rings (SSSR count). The molecule has 25 heavy (non-hydrogen) atoms. The van der Waals surface area contributed by atoms with Crippen molar-refractivity contribution in [3.05, 3.63) is 35.2 Å². The third kappa shape index (κ3) is 6.54. The molecular weight excluding hydrogens is 344 g/mol. The minimum atomic E-state index is -0.330. The van der Waals surface area contributed by atoms with Crippen LogP contribution >= 0.6 is 11.6 Å². The SMILES string of the molecule is CC(C)(C)NC(=O)CNC(=O)CCc1nc(-c2ccc(Cl)cc2)no1. The lowest BCUT2D eigenvalue weighted by Gasteiger charge is -2.20. The van der Waals surface area contributed by atoms with Crippen LogP contribution in [0.4, 0.5) is 0 Å². The molecule has 0 aliphatic rings. The van der Waals surface area contributed by atoms with E-state index in [1.54, 1.807) is 24.3 Å². The Morgan fingerprint density at radius 3 is 2.48 bits per heavy atom. The van der Waals surface area contributed by atoms with E-state index in [9.17, 15) is 9.59 Å². The molecule has 7 nitrogen and oxygen atoms in total. The molecule has 0 fully saturated rings. The van der Waals surface area contributed by atoms with Crippen molar-refractivity contribution in [2.45, 2.75) is 39.2 Å². The van der Waals surface area contributed by atoms with Crippen LogP contribution in [0.1, 0.15) is 33.1 Å². The van der Waals surface area contributed by atoms with E-state index >= 15 is 0 Å². The van der Waals surface area contributed by atoms with Crippen LogP contribution in [-0.2, 0) is 16.0 Å². The molecule has 0 unspecified atom stereocenters. The van der Waals surface area contributed by atoms with Crippen molar-refractivity contribution in [1.29, 1.82) is 0 Å². The summed E-state index contributed by atoms with van der Waals surface area (Å²) >= 11 is 5.84. The first kappa shape index (κ1) is 18.9. The fraction of sp³-hybridized carbons (Fsp3) is 0.412. The van der Waals surface area contributed by atoms with Gasteiger partial charge in [-0.2, -0.15) is 4.98 Å². The van der Waals surface area contributed by atoms with Gasteiger partial charge in [-0.1, -0.05) is 16.8 Å². The first-order chi connectivity index (χ1) is 11.7. The maximum atomic E-state index is 11.8. The van der Waals surface area contributed by atoms with Gasteiger partial charge in [-0.05, 0) is 45.0 Å². The number of carbonyl (C=O) groups excluding carboxylic acids is 2. The second-order valence-corrected chi connectivity index (χ2v) is 7.03. The quantitative estimate of drug-likeness (QED) is 0.820.